The molecule has 1 unspecified atom stereocenters. The molecule has 0 aromatic carbocycles. The number of hydrogen-bond donors (Lipinski definition) is 3. The van der Waals surface area contributed by atoms with Gasteiger partial charge in [0.1, 0.15) is 6.04 Å². The third-order valence-electron chi connectivity index (χ3n) is 2.22. The standard InChI is InChI=1S/C10H15N3O3/c1-13(6-7-2-3-12-5-7)9(14)4-8(11)10(15)16/h2-3,5,8,12H,4,6,11H2,1H3,(H,15,16). The molecule has 0 fully saturated rings. The number of amides is 1. The average Bonchev–Trinajstić information content (AvgIpc) is 2.69. The zero-order valence-corrected chi connectivity index (χ0v) is 9.01. The fourth-order valence-electron chi connectivity index (χ4n) is 1.25. The number of aromatic amines is 1. The van der Waals surface area contributed by atoms with E-state index in [9.17, 15) is 9.59 Å². The van der Waals surface area contributed by atoms with Crippen molar-refractivity contribution in [3.8, 4) is 0 Å². The van der Waals surface area contributed by atoms with Crippen molar-refractivity contribution in [3.63, 3.8) is 0 Å². The van der Waals surface area contributed by atoms with Crippen LogP contribution in [-0.4, -0.2) is 40.0 Å². The maximum absolute atomic E-state index is 11.6. The van der Waals surface area contributed by atoms with Crippen molar-refractivity contribution < 1.29 is 14.7 Å². The molecule has 1 rings (SSSR count). The van der Waals surface area contributed by atoms with Crippen molar-refractivity contribution in [1.29, 1.82) is 0 Å². The normalized spacial score (nSPS) is 12.1. The summed E-state index contributed by atoms with van der Waals surface area (Å²) in [7, 11) is 1.61. The molecule has 4 N–H and O–H groups in total. The Balaban J connectivity index is 2.45. The largest absolute Gasteiger partial charge is 0.480 e. The smallest absolute Gasteiger partial charge is 0.321 e. The number of rotatable bonds is 5. The van der Waals surface area contributed by atoms with Gasteiger partial charge in [-0.3, -0.25) is 9.59 Å². The fourth-order valence-corrected chi connectivity index (χ4v) is 1.25. The van der Waals surface area contributed by atoms with E-state index in [2.05, 4.69) is 4.98 Å². The van der Waals surface area contributed by atoms with Crippen LogP contribution >= 0.6 is 0 Å². The summed E-state index contributed by atoms with van der Waals surface area (Å²) in [5.74, 6) is -1.44. The van der Waals surface area contributed by atoms with Crippen LogP contribution in [-0.2, 0) is 16.1 Å². The van der Waals surface area contributed by atoms with Crippen LogP contribution in [0.1, 0.15) is 12.0 Å². The Labute approximate surface area is 93.0 Å². The first-order valence-electron chi connectivity index (χ1n) is 4.84. The molecule has 0 spiro atoms. The van der Waals surface area contributed by atoms with Crippen LogP contribution < -0.4 is 5.73 Å². The molecule has 1 aromatic heterocycles. The summed E-state index contributed by atoms with van der Waals surface area (Å²) in [6.07, 6.45) is 3.35. The van der Waals surface area contributed by atoms with Crippen LogP contribution in [0.15, 0.2) is 18.5 Å². The van der Waals surface area contributed by atoms with E-state index < -0.39 is 12.0 Å². The van der Waals surface area contributed by atoms with Gasteiger partial charge in [-0.25, -0.2) is 0 Å². The maximum Gasteiger partial charge on any atom is 0.321 e. The third-order valence-corrected chi connectivity index (χ3v) is 2.22. The first-order chi connectivity index (χ1) is 7.50. The second kappa shape index (κ2) is 5.32. The molecule has 16 heavy (non-hydrogen) atoms. The molecule has 0 aliphatic heterocycles. The number of nitrogens with one attached hydrogen (secondary N) is 1. The maximum atomic E-state index is 11.6. The number of aromatic nitrogens is 1. The average molecular weight is 225 g/mol. The lowest BCUT2D eigenvalue weighted by Gasteiger charge is -2.17. The molecule has 0 radical (unpaired) electrons. The van der Waals surface area contributed by atoms with E-state index in [-0.39, 0.29) is 12.3 Å². The predicted octanol–water partition coefficient (Wildman–Crippen LogP) is -0.225. The van der Waals surface area contributed by atoms with Crippen LogP contribution in [0.3, 0.4) is 0 Å². The van der Waals surface area contributed by atoms with Gasteiger partial charge >= 0.3 is 5.97 Å². The highest BCUT2D eigenvalue weighted by Crippen LogP contribution is 2.03. The minimum absolute atomic E-state index is 0.184. The van der Waals surface area contributed by atoms with Gasteiger partial charge in [-0.2, -0.15) is 0 Å². The summed E-state index contributed by atoms with van der Waals surface area (Å²) in [6.45, 7) is 0.439. The van der Waals surface area contributed by atoms with Crippen molar-refractivity contribution in [1.82, 2.24) is 9.88 Å². The van der Waals surface area contributed by atoms with Gasteiger partial charge < -0.3 is 20.7 Å². The summed E-state index contributed by atoms with van der Waals surface area (Å²) in [4.78, 5) is 26.4. The van der Waals surface area contributed by atoms with Crippen molar-refractivity contribution in [2.24, 2.45) is 5.73 Å². The molecule has 1 aromatic rings. The number of carbonyl (C=O) groups excluding carboxylic acids is 1. The summed E-state index contributed by atoms with van der Waals surface area (Å²) in [5.41, 5.74) is 6.23. The Bertz CT molecular complexity index is 361. The third kappa shape index (κ3) is 3.39. The number of carboxylic acid groups (broad SMARTS) is 1. The first kappa shape index (κ1) is 12.3. The van der Waals surface area contributed by atoms with E-state index in [0.717, 1.165) is 5.56 Å². The Morgan fingerprint density at radius 1 is 1.62 bits per heavy atom. The molecule has 6 nitrogen and oxygen atoms in total. The molecular weight excluding hydrogens is 210 g/mol. The lowest BCUT2D eigenvalue weighted by Crippen LogP contribution is -2.37. The summed E-state index contributed by atoms with van der Waals surface area (Å²) < 4.78 is 0. The Morgan fingerprint density at radius 3 is 2.81 bits per heavy atom. The van der Waals surface area contributed by atoms with E-state index >= 15 is 0 Å². The summed E-state index contributed by atoms with van der Waals surface area (Å²) >= 11 is 0. The number of carboxylic acids is 1. The first-order valence-corrected chi connectivity index (χ1v) is 4.84. The molecule has 1 amide bonds. The second-order valence-corrected chi connectivity index (χ2v) is 3.62. The van der Waals surface area contributed by atoms with Gasteiger partial charge in [0.25, 0.3) is 0 Å². The Kier molecular flexibility index (Phi) is 4.07. The Morgan fingerprint density at radius 2 is 2.31 bits per heavy atom. The van der Waals surface area contributed by atoms with Gasteiger partial charge in [0.05, 0.1) is 6.42 Å². The van der Waals surface area contributed by atoms with Crippen molar-refractivity contribution in [2.75, 3.05) is 7.05 Å². The van der Waals surface area contributed by atoms with E-state index in [0.29, 0.717) is 6.54 Å². The number of nitrogens with zero attached hydrogens (tertiary/aromatic N) is 1. The lowest BCUT2D eigenvalue weighted by molar-refractivity contribution is -0.142. The second-order valence-electron chi connectivity index (χ2n) is 3.62. The van der Waals surface area contributed by atoms with E-state index in [1.807, 2.05) is 6.07 Å². The highest BCUT2D eigenvalue weighted by molar-refractivity contribution is 5.84. The minimum Gasteiger partial charge on any atom is -0.480 e. The van der Waals surface area contributed by atoms with Crippen molar-refractivity contribution >= 4 is 11.9 Å². The number of hydrogen-bond acceptors (Lipinski definition) is 3. The molecule has 1 atom stereocenters. The quantitative estimate of drug-likeness (QED) is 0.644. The highest BCUT2D eigenvalue weighted by atomic mass is 16.4. The van der Waals surface area contributed by atoms with E-state index in [4.69, 9.17) is 10.8 Å². The molecule has 1 heterocycles. The van der Waals surface area contributed by atoms with E-state index in [1.165, 1.54) is 4.90 Å². The molecule has 0 aliphatic carbocycles. The van der Waals surface area contributed by atoms with Gasteiger partial charge in [-0.15, -0.1) is 0 Å². The van der Waals surface area contributed by atoms with Crippen LogP contribution in [0.4, 0.5) is 0 Å². The molecular formula is C10H15N3O3. The van der Waals surface area contributed by atoms with Gasteiger partial charge in [0.15, 0.2) is 0 Å². The van der Waals surface area contributed by atoms with Gasteiger partial charge in [0, 0.05) is 26.0 Å². The van der Waals surface area contributed by atoms with Gasteiger partial charge in [0.2, 0.25) is 5.91 Å². The number of H-pyrrole nitrogens is 1. The molecule has 0 saturated carbocycles. The summed E-state index contributed by atoms with van der Waals surface area (Å²) in [6, 6.07) is 0.710. The fraction of sp³-hybridized carbons (Fsp3) is 0.400. The minimum atomic E-state index is -1.16. The van der Waals surface area contributed by atoms with Crippen molar-refractivity contribution in [2.45, 2.75) is 19.0 Å². The zero-order valence-electron chi connectivity index (χ0n) is 9.01. The number of aliphatic carboxylic acids is 1. The zero-order chi connectivity index (χ0) is 12.1. The topological polar surface area (TPSA) is 99.4 Å². The number of carbonyl (C=O) groups is 2. The van der Waals surface area contributed by atoms with Crippen LogP contribution in [0.25, 0.3) is 0 Å². The molecule has 6 heteroatoms. The molecule has 0 saturated heterocycles. The molecule has 0 bridgehead atoms. The number of nitrogens with two attached hydrogens (primary N) is 1. The van der Waals surface area contributed by atoms with Crippen LogP contribution in [0, 0.1) is 0 Å². The monoisotopic (exact) mass is 225 g/mol. The van der Waals surface area contributed by atoms with Crippen LogP contribution in [0.5, 0.6) is 0 Å². The molecule has 0 aliphatic rings. The SMILES string of the molecule is CN(Cc1cc[nH]c1)C(=O)CC(N)C(=O)O. The predicted molar refractivity (Wildman–Crippen MR) is 57.5 cm³/mol. The van der Waals surface area contributed by atoms with E-state index in [1.54, 1.807) is 19.4 Å². The lowest BCUT2D eigenvalue weighted by atomic mass is 10.2. The summed E-state index contributed by atoms with van der Waals surface area (Å²) in [5, 5.41) is 8.57. The van der Waals surface area contributed by atoms with Gasteiger partial charge in [-0.05, 0) is 11.6 Å². The van der Waals surface area contributed by atoms with Crippen molar-refractivity contribution in [3.05, 3.63) is 24.0 Å². The van der Waals surface area contributed by atoms with Gasteiger partial charge in [-0.1, -0.05) is 0 Å². The Hall–Kier alpha value is -1.82. The van der Waals surface area contributed by atoms with Crippen LogP contribution in [0.2, 0.25) is 0 Å². The molecule has 88 valence electrons. The highest BCUT2D eigenvalue weighted by Gasteiger charge is 2.18.